The van der Waals surface area contributed by atoms with Gasteiger partial charge in [0.25, 0.3) is 0 Å². The molecule has 17 heavy (non-hydrogen) atoms. The predicted octanol–water partition coefficient (Wildman–Crippen LogP) is 3.82. The van der Waals surface area contributed by atoms with Crippen molar-refractivity contribution in [3.05, 3.63) is 49.5 Å². The van der Waals surface area contributed by atoms with E-state index in [-0.39, 0.29) is 5.43 Å². The SMILES string of the molecule is O=c1cc2oc3ccc(Br)cc3nc-2cc1Br. The zero-order valence-corrected chi connectivity index (χ0v) is 11.6. The largest absolute Gasteiger partial charge is 0.453 e. The van der Waals surface area contributed by atoms with Gasteiger partial charge in [0, 0.05) is 10.5 Å². The Kier molecular flexibility index (Phi) is 2.52. The summed E-state index contributed by atoms with van der Waals surface area (Å²) in [6.07, 6.45) is 0. The van der Waals surface area contributed by atoms with Crippen molar-refractivity contribution in [3.63, 3.8) is 0 Å². The van der Waals surface area contributed by atoms with E-state index in [1.165, 1.54) is 6.07 Å². The van der Waals surface area contributed by atoms with Crippen molar-refractivity contribution in [3.8, 4) is 11.5 Å². The van der Waals surface area contributed by atoms with Crippen LogP contribution in [-0.4, -0.2) is 4.98 Å². The van der Waals surface area contributed by atoms with Gasteiger partial charge in [-0.25, -0.2) is 4.98 Å². The van der Waals surface area contributed by atoms with Gasteiger partial charge in [0.15, 0.2) is 16.8 Å². The molecule has 0 fully saturated rings. The topological polar surface area (TPSA) is 43.1 Å². The molecule has 0 bridgehead atoms. The second kappa shape index (κ2) is 3.92. The first kappa shape index (κ1) is 10.9. The summed E-state index contributed by atoms with van der Waals surface area (Å²) >= 11 is 6.57. The molecule has 5 heteroatoms. The smallest absolute Gasteiger partial charge is 0.196 e. The van der Waals surface area contributed by atoms with Gasteiger partial charge in [0.1, 0.15) is 11.2 Å². The maximum Gasteiger partial charge on any atom is 0.196 e. The molecule has 1 aromatic carbocycles. The molecule has 2 aliphatic rings. The Bertz CT molecular complexity index is 751. The van der Waals surface area contributed by atoms with Crippen molar-refractivity contribution < 1.29 is 4.42 Å². The highest BCUT2D eigenvalue weighted by Gasteiger charge is 2.11. The van der Waals surface area contributed by atoms with Crippen LogP contribution in [0.25, 0.3) is 22.6 Å². The standard InChI is InChI=1S/C12H5Br2NO2/c13-6-1-2-11-8(3-6)15-9-4-7(14)10(16)5-12(9)17-11/h1-5H. The molecule has 0 unspecified atom stereocenters. The van der Waals surface area contributed by atoms with E-state index in [4.69, 9.17) is 4.42 Å². The summed E-state index contributed by atoms with van der Waals surface area (Å²) in [6.45, 7) is 0. The van der Waals surface area contributed by atoms with Crippen LogP contribution in [0.3, 0.4) is 0 Å². The van der Waals surface area contributed by atoms with Crippen LogP contribution in [0.1, 0.15) is 0 Å². The number of benzene rings is 2. The zero-order chi connectivity index (χ0) is 12.0. The number of halogens is 2. The second-order valence-corrected chi connectivity index (χ2v) is 5.35. The van der Waals surface area contributed by atoms with Crippen molar-refractivity contribution in [1.82, 2.24) is 4.98 Å². The molecule has 1 aliphatic carbocycles. The molecule has 0 amide bonds. The van der Waals surface area contributed by atoms with E-state index in [0.29, 0.717) is 21.5 Å². The van der Waals surface area contributed by atoms with Gasteiger partial charge in [0.2, 0.25) is 0 Å². The van der Waals surface area contributed by atoms with Gasteiger partial charge in [0.05, 0.1) is 4.47 Å². The van der Waals surface area contributed by atoms with Crippen LogP contribution in [0.4, 0.5) is 0 Å². The van der Waals surface area contributed by atoms with E-state index in [1.54, 1.807) is 6.07 Å². The summed E-state index contributed by atoms with van der Waals surface area (Å²) in [7, 11) is 0. The Morgan fingerprint density at radius 1 is 1.12 bits per heavy atom. The number of hydrogen-bond acceptors (Lipinski definition) is 3. The number of rotatable bonds is 0. The first-order valence-corrected chi connectivity index (χ1v) is 6.42. The molecule has 0 aromatic heterocycles. The third-order valence-corrected chi connectivity index (χ3v) is 3.51. The predicted molar refractivity (Wildman–Crippen MR) is 72.3 cm³/mol. The Morgan fingerprint density at radius 3 is 2.76 bits per heavy atom. The van der Waals surface area contributed by atoms with Crippen LogP contribution in [0.15, 0.2) is 48.5 Å². The van der Waals surface area contributed by atoms with E-state index in [2.05, 4.69) is 36.8 Å². The van der Waals surface area contributed by atoms with E-state index in [1.807, 2.05) is 18.2 Å². The molecule has 84 valence electrons. The summed E-state index contributed by atoms with van der Waals surface area (Å²) in [5.41, 5.74) is 1.95. The van der Waals surface area contributed by atoms with Gasteiger partial charge in [-0.3, -0.25) is 4.79 Å². The normalized spacial score (nSPS) is 11.2. The third-order valence-electron chi connectivity index (χ3n) is 2.40. The highest BCUT2D eigenvalue weighted by Crippen LogP contribution is 2.27. The molecule has 3 rings (SSSR count). The lowest BCUT2D eigenvalue weighted by molar-refractivity contribution is 0.612. The lowest BCUT2D eigenvalue weighted by Gasteiger charge is -2.06. The highest BCUT2D eigenvalue weighted by molar-refractivity contribution is 9.10. The van der Waals surface area contributed by atoms with Crippen LogP contribution in [-0.2, 0) is 0 Å². The van der Waals surface area contributed by atoms with Gasteiger partial charge in [-0.05, 0) is 40.2 Å². The third kappa shape index (κ3) is 1.89. The van der Waals surface area contributed by atoms with Crippen LogP contribution in [0.5, 0.6) is 0 Å². The Morgan fingerprint density at radius 2 is 1.94 bits per heavy atom. The number of nitrogens with zero attached hydrogens (tertiary/aromatic N) is 1. The summed E-state index contributed by atoms with van der Waals surface area (Å²) in [4.78, 5) is 15.9. The molecule has 0 radical (unpaired) electrons. The van der Waals surface area contributed by atoms with Gasteiger partial charge in [-0.15, -0.1) is 0 Å². The summed E-state index contributed by atoms with van der Waals surface area (Å²) in [5, 5.41) is 0. The lowest BCUT2D eigenvalue weighted by atomic mass is 10.2. The highest BCUT2D eigenvalue weighted by atomic mass is 79.9. The first-order valence-electron chi connectivity index (χ1n) is 4.83. The molecular formula is C12H5Br2NO2. The summed E-state index contributed by atoms with van der Waals surface area (Å²) < 4.78 is 7.06. The molecule has 1 heterocycles. The van der Waals surface area contributed by atoms with Crippen LogP contribution in [0.2, 0.25) is 0 Å². The lowest BCUT2D eigenvalue weighted by Crippen LogP contribution is -2.02. The Balaban J connectivity index is 2.45. The summed E-state index contributed by atoms with van der Waals surface area (Å²) in [5.74, 6) is 0.494. The molecule has 1 aromatic rings. The van der Waals surface area contributed by atoms with Crippen molar-refractivity contribution in [1.29, 1.82) is 0 Å². The van der Waals surface area contributed by atoms with Crippen molar-refractivity contribution in [2.75, 3.05) is 0 Å². The minimum atomic E-state index is -0.112. The second-order valence-electron chi connectivity index (χ2n) is 3.58. The average molecular weight is 355 g/mol. The van der Waals surface area contributed by atoms with Crippen LogP contribution >= 0.6 is 31.9 Å². The minimum absolute atomic E-state index is 0.112. The number of fused-ring (bicyclic) bond motifs is 2. The molecular weight excluding hydrogens is 350 g/mol. The van der Waals surface area contributed by atoms with Gasteiger partial charge in [-0.1, -0.05) is 15.9 Å². The monoisotopic (exact) mass is 353 g/mol. The van der Waals surface area contributed by atoms with Crippen LogP contribution < -0.4 is 5.43 Å². The molecule has 0 spiro atoms. The molecule has 0 atom stereocenters. The quantitative estimate of drug-likeness (QED) is 0.576. The fourth-order valence-electron chi connectivity index (χ4n) is 1.61. The molecule has 1 aliphatic heterocycles. The first-order chi connectivity index (χ1) is 8.13. The maximum atomic E-state index is 11.5. The van der Waals surface area contributed by atoms with Crippen molar-refractivity contribution in [2.45, 2.75) is 0 Å². The number of aromatic nitrogens is 1. The van der Waals surface area contributed by atoms with E-state index >= 15 is 0 Å². The van der Waals surface area contributed by atoms with Crippen LogP contribution in [0, 0.1) is 0 Å². The minimum Gasteiger partial charge on any atom is -0.453 e. The van der Waals surface area contributed by atoms with Crippen molar-refractivity contribution >= 4 is 43.0 Å². The zero-order valence-electron chi connectivity index (χ0n) is 8.41. The van der Waals surface area contributed by atoms with Gasteiger partial charge in [-0.2, -0.15) is 0 Å². The molecule has 3 nitrogen and oxygen atoms in total. The average Bonchev–Trinajstić information content (AvgIpc) is 2.28. The Hall–Kier alpha value is -1.20. The fourth-order valence-corrected chi connectivity index (χ4v) is 2.29. The van der Waals surface area contributed by atoms with Crippen molar-refractivity contribution in [2.24, 2.45) is 0 Å². The molecule has 0 saturated heterocycles. The number of hydrogen-bond donors (Lipinski definition) is 0. The van der Waals surface area contributed by atoms with Gasteiger partial charge >= 0.3 is 0 Å². The maximum absolute atomic E-state index is 11.5. The van der Waals surface area contributed by atoms with E-state index < -0.39 is 0 Å². The van der Waals surface area contributed by atoms with E-state index in [9.17, 15) is 4.79 Å². The van der Waals surface area contributed by atoms with E-state index in [0.717, 1.165) is 9.99 Å². The molecule has 0 saturated carbocycles. The van der Waals surface area contributed by atoms with Gasteiger partial charge < -0.3 is 4.42 Å². The summed E-state index contributed by atoms with van der Waals surface area (Å²) in [6, 6.07) is 8.67. The Labute approximate surface area is 113 Å². The fraction of sp³-hybridized carbons (Fsp3) is 0. The molecule has 0 N–H and O–H groups in total.